The van der Waals surface area contributed by atoms with Crippen LogP contribution in [0.25, 0.3) is 0 Å². The number of sulfonamides is 1. The van der Waals surface area contributed by atoms with Gasteiger partial charge in [-0.05, 0) is 18.6 Å². The molecular weight excluding hydrogens is 280 g/mol. The van der Waals surface area contributed by atoms with Crippen LogP contribution in [-0.2, 0) is 16.6 Å². The molecule has 0 saturated heterocycles. The van der Waals surface area contributed by atoms with Crippen molar-refractivity contribution in [3.63, 3.8) is 0 Å². The van der Waals surface area contributed by atoms with Crippen molar-refractivity contribution in [2.45, 2.75) is 17.7 Å². The van der Waals surface area contributed by atoms with Crippen molar-refractivity contribution in [2.75, 3.05) is 4.72 Å². The van der Waals surface area contributed by atoms with E-state index in [9.17, 15) is 8.42 Å². The SMILES string of the molecule is Cc1cc(S(=O)(=O)Nc2nncs2)sc1CN. The maximum Gasteiger partial charge on any atom is 0.273 e. The van der Waals surface area contributed by atoms with Gasteiger partial charge in [-0.15, -0.1) is 21.5 Å². The van der Waals surface area contributed by atoms with E-state index >= 15 is 0 Å². The predicted octanol–water partition coefficient (Wildman–Crippen LogP) is 1.17. The van der Waals surface area contributed by atoms with Gasteiger partial charge in [0.15, 0.2) is 0 Å². The third-order valence-electron chi connectivity index (χ3n) is 2.03. The van der Waals surface area contributed by atoms with Crippen LogP contribution in [0, 0.1) is 6.92 Å². The lowest BCUT2D eigenvalue weighted by Crippen LogP contribution is -2.11. The predicted molar refractivity (Wildman–Crippen MR) is 67.7 cm³/mol. The normalized spacial score (nSPS) is 11.6. The highest BCUT2D eigenvalue weighted by Crippen LogP contribution is 2.27. The Morgan fingerprint density at radius 3 is 2.82 bits per heavy atom. The highest BCUT2D eigenvalue weighted by molar-refractivity contribution is 7.94. The van der Waals surface area contributed by atoms with Gasteiger partial charge in [0.05, 0.1) is 0 Å². The van der Waals surface area contributed by atoms with Crippen LogP contribution < -0.4 is 10.5 Å². The van der Waals surface area contributed by atoms with Gasteiger partial charge in [0.1, 0.15) is 9.72 Å². The Kier molecular flexibility index (Phi) is 3.43. The summed E-state index contributed by atoms with van der Waals surface area (Å²) < 4.78 is 26.6. The first-order valence-electron chi connectivity index (χ1n) is 4.61. The number of aryl methyl sites for hydroxylation is 1. The van der Waals surface area contributed by atoms with E-state index in [-0.39, 0.29) is 9.34 Å². The van der Waals surface area contributed by atoms with Gasteiger partial charge in [-0.1, -0.05) is 11.3 Å². The number of thiophene rings is 1. The lowest BCUT2D eigenvalue weighted by molar-refractivity contribution is 0.603. The summed E-state index contributed by atoms with van der Waals surface area (Å²) in [6.07, 6.45) is 0. The number of nitrogens with two attached hydrogens (primary N) is 1. The molecular formula is C8H10N4O2S3. The molecule has 0 aliphatic rings. The van der Waals surface area contributed by atoms with E-state index in [4.69, 9.17) is 5.73 Å². The molecule has 2 aromatic heterocycles. The molecule has 0 saturated carbocycles. The van der Waals surface area contributed by atoms with Gasteiger partial charge < -0.3 is 5.73 Å². The second-order valence-corrected chi connectivity index (χ2v) is 7.10. The molecule has 92 valence electrons. The summed E-state index contributed by atoms with van der Waals surface area (Å²) in [5.41, 5.74) is 7.86. The van der Waals surface area contributed by atoms with Crippen molar-refractivity contribution < 1.29 is 8.42 Å². The number of nitrogens with one attached hydrogen (secondary N) is 1. The molecule has 6 nitrogen and oxygen atoms in total. The molecule has 0 amide bonds. The summed E-state index contributed by atoms with van der Waals surface area (Å²) in [5.74, 6) is 0. The first-order chi connectivity index (χ1) is 8.03. The highest BCUT2D eigenvalue weighted by atomic mass is 32.2. The van der Waals surface area contributed by atoms with Crippen LogP contribution in [0.15, 0.2) is 15.8 Å². The minimum absolute atomic E-state index is 0.241. The third kappa shape index (κ3) is 2.63. The molecule has 0 aliphatic carbocycles. The highest BCUT2D eigenvalue weighted by Gasteiger charge is 2.19. The Morgan fingerprint density at radius 1 is 1.53 bits per heavy atom. The molecule has 0 unspecified atom stereocenters. The van der Waals surface area contributed by atoms with Crippen LogP contribution in [-0.4, -0.2) is 18.6 Å². The van der Waals surface area contributed by atoms with Gasteiger partial charge in [-0.3, -0.25) is 4.72 Å². The zero-order valence-corrected chi connectivity index (χ0v) is 11.3. The van der Waals surface area contributed by atoms with Crippen LogP contribution in [0.5, 0.6) is 0 Å². The molecule has 9 heteroatoms. The first kappa shape index (κ1) is 12.4. The fraction of sp³-hybridized carbons (Fsp3) is 0.250. The first-order valence-corrected chi connectivity index (χ1v) is 7.79. The van der Waals surface area contributed by atoms with E-state index in [1.807, 2.05) is 6.92 Å². The minimum Gasteiger partial charge on any atom is -0.326 e. The third-order valence-corrected chi connectivity index (χ3v) is 5.84. The van der Waals surface area contributed by atoms with Crippen LogP contribution in [0.4, 0.5) is 5.13 Å². The maximum absolute atomic E-state index is 12.0. The molecule has 2 aromatic rings. The Hall–Kier alpha value is -1.03. The minimum atomic E-state index is -3.57. The fourth-order valence-electron chi connectivity index (χ4n) is 1.21. The van der Waals surface area contributed by atoms with Crippen molar-refractivity contribution in [1.29, 1.82) is 0 Å². The molecule has 0 aliphatic heterocycles. The molecule has 2 rings (SSSR count). The lowest BCUT2D eigenvalue weighted by Gasteiger charge is -2.00. The van der Waals surface area contributed by atoms with Crippen molar-refractivity contribution in [3.8, 4) is 0 Å². The van der Waals surface area contributed by atoms with E-state index in [0.29, 0.717) is 6.54 Å². The second-order valence-electron chi connectivity index (χ2n) is 3.23. The van der Waals surface area contributed by atoms with E-state index < -0.39 is 10.0 Å². The van der Waals surface area contributed by atoms with Crippen LogP contribution in [0.2, 0.25) is 0 Å². The molecule has 2 heterocycles. The molecule has 0 radical (unpaired) electrons. The topological polar surface area (TPSA) is 98.0 Å². The Labute approximate surface area is 107 Å². The number of hydrogen-bond donors (Lipinski definition) is 2. The van der Waals surface area contributed by atoms with Crippen LogP contribution >= 0.6 is 22.7 Å². The van der Waals surface area contributed by atoms with E-state index in [1.165, 1.54) is 16.8 Å². The van der Waals surface area contributed by atoms with Crippen molar-refractivity contribution in [3.05, 3.63) is 22.0 Å². The van der Waals surface area contributed by atoms with Crippen LogP contribution in [0.3, 0.4) is 0 Å². The fourth-order valence-corrected chi connectivity index (χ4v) is 4.37. The Balaban J connectivity index is 2.31. The molecule has 0 aromatic carbocycles. The van der Waals surface area contributed by atoms with Crippen molar-refractivity contribution in [2.24, 2.45) is 5.73 Å². The van der Waals surface area contributed by atoms with Crippen molar-refractivity contribution >= 4 is 37.8 Å². The van der Waals surface area contributed by atoms with Gasteiger partial charge >= 0.3 is 0 Å². The van der Waals surface area contributed by atoms with Gasteiger partial charge in [-0.2, -0.15) is 0 Å². The molecule has 0 bridgehead atoms. The van der Waals surface area contributed by atoms with E-state index in [2.05, 4.69) is 14.9 Å². The standard InChI is InChI=1S/C8H10N4O2S3/c1-5-2-7(16-6(5)3-9)17(13,14)12-8-11-10-4-15-8/h2,4H,3,9H2,1H3,(H,11,12). The van der Waals surface area contributed by atoms with Gasteiger partial charge in [0.25, 0.3) is 10.0 Å². The summed E-state index contributed by atoms with van der Waals surface area (Å²) in [6.45, 7) is 2.17. The quantitative estimate of drug-likeness (QED) is 0.880. The van der Waals surface area contributed by atoms with Gasteiger partial charge in [0, 0.05) is 11.4 Å². The number of rotatable bonds is 4. The van der Waals surface area contributed by atoms with Gasteiger partial charge in [0.2, 0.25) is 5.13 Å². The zero-order valence-electron chi connectivity index (χ0n) is 8.87. The van der Waals surface area contributed by atoms with Crippen LogP contribution in [0.1, 0.15) is 10.4 Å². The Morgan fingerprint density at radius 2 is 2.29 bits per heavy atom. The second kappa shape index (κ2) is 4.69. The Bertz CT molecular complexity index is 603. The largest absolute Gasteiger partial charge is 0.326 e. The monoisotopic (exact) mass is 290 g/mol. The number of nitrogens with zero attached hydrogens (tertiary/aromatic N) is 2. The molecule has 0 spiro atoms. The van der Waals surface area contributed by atoms with E-state index in [0.717, 1.165) is 21.8 Å². The molecule has 0 fully saturated rings. The summed E-state index contributed by atoms with van der Waals surface area (Å²) in [5, 5.41) is 7.45. The average molecular weight is 290 g/mol. The lowest BCUT2D eigenvalue weighted by atomic mass is 10.3. The number of anilines is 1. The van der Waals surface area contributed by atoms with Crippen molar-refractivity contribution in [1.82, 2.24) is 10.2 Å². The summed E-state index contributed by atoms with van der Waals surface area (Å²) in [7, 11) is -3.57. The summed E-state index contributed by atoms with van der Waals surface area (Å²) in [6, 6.07) is 1.61. The average Bonchev–Trinajstić information content (AvgIpc) is 2.87. The molecule has 17 heavy (non-hydrogen) atoms. The zero-order chi connectivity index (χ0) is 12.5. The maximum atomic E-state index is 12.0. The number of hydrogen-bond acceptors (Lipinski definition) is 7. The molecule has 3 N–H and O–H groups in total. The van der Waals surface area contributed by atoms with E-state index in [1.54, 1.807) is 6.07 Å². The van der Waals surface area contributed by atoms with Gasteiger partial charge in [-0.25, -0.2) is 8.42 Å². The molecule has 0 atom stereocenters. The summed E-state index contributed by atoms with van der Waals surface area (Å²) >= 11 is 2.30. The number of aromatic nitrogens is 2. The summed E-state index contributed by atoms with van der Waals surface area (Å²) in [4.78, 5) is 0.864. The smallest absolute Gasteiger partial charge is 0.273 e.